The summed E-state index contributed by atoms with van der Waals surface area (Å²) in [6.07, 6.45) is 0. The molecule has 6 heteroatoms. The molecule has 2 aromatic rings. The minimum Gasteiger partial charge on any atom is -0.346 e. The van der Waals surface area contributed by atoms with E-state index in [0.717, 1.165) is 43.5 Å². The summed E-state index contributed by atoms with van der Waals surface area (Å²) in [7, 11) is 0. The Hall–Kier alpha value is -1.33. The number of anilines is 1. The topological polar surface area (TPSA) is 18.5 Å². The quantitative estimate of drug-likeness (QED) is 0.644. The summed E-state index contributed by atoms with van der Waals surface area (Å²) in [4.78, 5) is 4.65. The second-order valence-electron chi connectivity index (χ2n) is 7.22. The predicted octanol–water partition coefficient (Wildman–Crippen LogP) is 5.63. The number of thiocarbonyl (C=S) groups is 1. The fourth-order valence-electron chi connectivity index (χ4n) is 3.16. The average Bonchev–Trinajstić information content (AvgIpc) is 2.66. The van der Waals surface area contributed by atoms with Crippen molar-refractivity contribution in [2.75, 3.05) is 31.5 Å². The fourth-order valence-corrected chi connectivity index (χ4v) is 3.78. The van der Waals surface area contributed by atoms with E-state index in [1.165, 1.54) is 11.1 Å². The molecular formula is C21H25Cl2N3S. The van der Waals surface area contributed by atoms with Crippen LogP contribution in [0, 0.1) is 0 Å². The summed E-state index contributed by atoms with van der Waals surface area (Å²) >= 11 is 17.7. The molecule has 0 spiro atoms. The van der Waals surface area contributed by atoms with Gasteiger partial charge >= 0.3 is 0 Å². The molecular weight excluding hydrogens is 397 g/mol. The SMILES string of the molecule is CC(C)c1ccc(NC(=S)N2CCN(Cc3ccc(Cl)c(Cl)c3)CC2)cc1. The molecule has 3 nitrogen and oxygen atoms in total. The maximum atomic E-state index is 6.12. The van der Waals surface area contributed by atoms with Crippen molar-refractivity contribution < 1.29 is 0 Å². The molecule has 0 atom stereocenters. The Morgan fingerprint density at radius 1 is 1.00 bits per heavy atom. The summed E-state index contributed by atoms with van der Waals surface area (Å²) in [6, 6.07) is 14.4. The third-order valence-electron chi connectivity index (χ3n) is 4.88. The normalized spacial score (nSPS) is 15.2. The molecule has 2 aromatic carbocycles. The molecule has 0 aromatic heterocycles. The first-order valence-electron chi connectivity index (χ1n) is 9.24. The predicted molar refractivity (Wildman–Crippen MR) is 120 cm³/mol. The summed E-state index contributed by atoms with van der Waals surface area (Å²) in [6.45, 7) is 9.04. The van der Waals surface area contributed by atoms with Gasteiger partial charge in [0.15, 0.2) is 5.11 Å². The van der Waals surface area contributed by atoms with Crippen LogP contribution in [0.15, 0.2) is 42.5 Å². The summed E-state index contributed by atoms with van der Waals surface area (Å²) in [5.74, 6) is 0.537. The van der Waals surface area contributed by atoms with Crippen LogP contribution in [0.1, 0.15) is 30.9 Å². The molecule has 1 saturated heterocycles. The third kappa shape index (κ3) is 5.58. The van der Waals surface area contributed by atoms with Gasteiger partial charge in [-0.2, -0.15) is 0 Å². The van der Waals surface area contributed by atoms with E-state index in [-0.39, 0.29) is 0 Å². The number of hydrogen-bond acceptors (Lipinski definition) is 2. The standard InChI is InChI=1S/C21H25Cl2N3S/c1-15(2)17-4-6-18(7-5-17)24-21(27)26-11-9-25(10-12-26)14-16-3-8-19(22)20(23)13-16/h3-8,13,15H,9-12,14H2,1-2H3,(H,24,27). The summed E-state index contributed by atoms with van der Waals surface area (Å²) < 4.78 is 0. The molecule has 0 saturated carbocycles. The number of halogens is 2. The second kappa shape index (κ2) is 9.24. The molecule has 1 heterocycles. The molecule has 0 radical (unpaired) electrons. The third-order valence-corrected chi connectivity index (χ3v) is 5.98. The lowest BCUT2D eigenvalue weighted by molar-refractivity contribution is 0.177. The molecule has 1 fully saturated rings. The van der Waals surface area contributed by atoms with E-state index >= 15 is 0 Å². The molecule has 0 bridgehead atoms. The van der Waals surface area contributed by atoms with Gasteiger partial charge in [-0.05, 0) is 53.5 Å². The van der Waals surface area contributed by atoms with Gasteiger partial charge in [0.25, 0.3) is 0 Å². The van der Waals surface area contributed by atoms with Gasteiger partial charge in [0.05, 0.1) is 10.0 Å². The Labute approximate surface area is 177 Å². The number of rotatable bonds is 4. The minimum absolute atomic E-state index is 0.537. The minimum atomic E-state index is 0.537. The average molecular weight is 422 g/mol. The lowest BCUT2D eigenvalue weighted by atomic mass is 10.0. The Morgan fingerprint density at radius 3 is 2.26 bits per heavy atom. The van der Waals surface area contributed by atoms with Crippen molar-refractivity contribution in [3.63, 3.8) is 0 Å². The van der Waals surface area contributed by atoms with Gasteiger partial charge in [0.2, 0.25) is 0 Å². The van der Waals surface area contributed by atoms with Crippen LogP contribution in [-0.4, -0.2) is 41.1 Å². The number of benzene rings is 2. The van der Waals surface area contributed by atoms with Gasteiger partial charge in [-0.1, -0.05) is 55.2 Å². The first-order valence-corrected chi connectivity index (χ1v) is 10.4. The molecule has 1 aliphatic heterocycles. The maximum Gasteiger partial charge on any atom is 0.173 e. The highest BCUT2D eigenvalue weighted by Crippen LogP contribution is 2.23. The number of nitrogens with zero attached hydrogens (tertiary/aromatic N) is 2. The molecule has 1 aliphatic rings. The summed E-state index contributed by atoms with van der Waals surface area (Å²) in [5.41, 5.74) is 3.56. The van der Waals surface area contributed by atoms with Crippen LogP contribution in [0.2, 0.25) is 10.0 Å². The van der Waals surface area contributed by atoms with Crippen molar-refractivity contribution in [3.8, 4) is 0 Å². The van der Waals surface area contributed by atoms with Gasteiger partial charge in [-0.25, -0.2) is 0 Å². The highest BCUT2D eigenvalue weighted by Gasteiger charge is 2.19. The first kappa shape index (κ1) is 20.4. The van der Waals surface area contributed by atoms with E-state index in [9.17, 15) is 0 Å². The van der Waals surface area contributed by atoms with Crippen LogP contribution in [0.4, 0.5) is 5.69 Å². The van der Waals surface area contributed by atoms with Crippen LogP contribution in [0.25, 0.3) is 0 Å². The zero-order valence-corrected chi connectivity index (χ0v) is 18.0. The molecule has 0 amide bonds. The zero-order chi connectivity index (χ0) is 19.4. The van der Waals surface area contributed by atoms with E-state index < -0.39 is 0 Å². The van der Waals surface area contributed by atoms with Crippen molar-refractivity contribution in [3.05, 3.63) is 63.6 Å². The monoisotopic (exact) mass is 421 g/mol. The smallest absolute Gasteiger partial charge is 0.173 e. The summed E-state index contributed by atoms with van der Waals surface area (Å²) in [5, 5.41) is 5.37. The number of nitrogens with one attached hydrogen (secondary N) is 1. The van der Waals surface area contributed by atoms with Crippen molar-refractivity contribution in [1.29, 1.82) is 0 Å². The largest absolute Gasteiger partial charge is 0.346 e. The Morgan fingerprint density at radius 2 is 1.67 bits per heavy atom. The van der Waals surface area contributed by atoms with Gasteiger partial charge in [0, 0.05) is 38.4 Å². The molecule has 1 N–H and O–H groups in total. The first-order chi connectivity index (χ1) is 12.9. The van der Waals surface area contributed by atoms with Gasteiger partial charge < -0.3 is 10.2 Å². The molecule has 27 heavy (non-hydrogen) atoms. The van der Waals surface area contributed by atoms with Crippen molar-refractivity contribution in [2.45, 2.75) is 26.3 Å². The Kier molecular flexibility index (Phi) is 6.99. The fraction of sp³-hybridized carbons (Fsp3) is 0.381. The lowest BCUT2D eigenvalue weighted by Gasteiger charge is -2.36. The van der Waals surface area contributed by atoms with Crippen molar-refractivity contribution in [1.82, 2.24) is 9.80 Å². The zero-order valence-electron chi connectivity index (χ0n) is 15.7. The molecule has 0 aliphatic carbocycles. The van der Waals surface area contributed by atoms with Gasteiger partial charge in [-0.15, -0.1) is 0 Å². The highest BCUT2D eigenvalue weighted by atomic mass is 35.5. The van der Waals surface area contributed by atoms with E-state index in [4.69, 9.17) is 35.4 Å². The Bertz CT molecular complexity index is 785. The van der Waals surface area contributed by atoms with Crippen molar-refractivity contribution in [2.24, 2.45) is 0 Å². The maximum absolute atomic E-state index is 6.12. The highest BCUT2D eigenvalue weighted by molar-refractivity contribution is 7.80. The molecule has 0 unspecified atom stereocenters. The van der Waals surface area contributed by atoms with E-state index in [1.54, 1.807) is 0 Å². The van der Waals surface area contributed by atoms with Gasteiger partial charge in [0.1, 0.15) is 0 Å². The van der Waals surface area contributed by atoms with Crippen LogP contribution in [-0.2, 0) is 6.54 Å². The van der Waals surface area contributed by atoms with Crippen LogP contribution in [0.3, 0.4) is 0 Å². The van der Waals surface area contributed by atoms with Gasteiger partial charge in [-0.3, -0.25) is 4.90 Å². The van der Waals surface area contributed by atoms with E-state index in [2.05, 4.69) is 53.2 Å². The van der Waals surface area contributed by atoms with Crippen molar-refractivity contribution >= 4 is 46.2 Å². The lowest BCUT2D eigenvalue weighted by Crippen LogP contribution is -2.49. The second-order valence-corrected chi connectivity index (χ2v) is 8.42. The van der Waals surface area contributed by atoms with E-state index in [1.807, 2.05) is 18.2 Å². The molecule has 3 rings (SSSR count). The molecule has 144 valence electrons. The number of piperazine rings is 1. The van der Waals surface area contributed by atoms with E-state index in [0.29, 0.717) is 16.0 Å². The number of hydrogen-bond donors (Lipinski definition) is 1. The Balaban J connectivity index is 1.49. The van der Waals surface area contributed by atoms with Crippen LogP contribution in [0.5, 0.6) is 0 Å². The van der Waals surface area contributed by atoms with Crippen LogP contribution < -0.4 is 5.32 Å². The van der Waals surface area contributed by atoms with Crippen LogP contribution >= 0.6 is 35.4 Å².